The van der Waals surface area contributed by atoms with E-state index in [0.717, 1.165) is 25.7 Å². The molecular formula is C10H16N2. The van der Waals surface area contributed by atoms with Crippen LogP contribution >= 0.6 is 0 Å². The highest BCUT2D eigenvalue weighted by Gasteiger charge is 1.96. The third-order valence-electron chi connectivity index (χ3n) is 1.79. The quantitative estimate of drug-likeness (QED) is 0.682. The van der Waals surface area contributed by atoms with Gasteiger partial charge in [-0.05, 0) is 18.9 Å². The topological polar surface area (TPSA) is 25.8 Å². The lowest BCUT2D eigenvalue weighted by Gasteiger charge is -2.00. The van der Waals surface area contributed by atoms with Crippen molar-refractivity contribution in [2.45, 2.75) is 39.5 Å². The van der Waals surface area contributed by atoms with E-state index in [-0.39, 0.29) is 0 Å². The molecule has 0 bridgehead atoms. The molecule has 0 fully saturated rings. The number of hydrogen-bond acceptors (Lipinski definition) is 2. The van der Waals surface area contributed by atoms with Gasteiger partial charge in [-0.1, -0.05) is 26.7 Å². The predicted octanol–water partition coefficient (Wildman–Crippen LogP) is 2.38. The summed E-state index contributed by atoms with van der Waals surface area (Å²) in [4.78, 5) is 8.40. The van der Waals surface area contributed by atoms with Gasteiger partial charge in [0.05, 0.1) is 0 Å². The Morgan fingerprint density at radius 2 is 1.50 bits per heavy atom. The van der Waals surface area contributed by atoms with E-state index in [0.29, 0.717) is 0 Å². The number of nitrogens with zero attached hydrogens (tertiary/aromatic N) is 2. The van der Waals surface area contributed by atoms with E-state index >= 15 is 0 Å². The van der Waals surface area contributed by atoms with E-state index < -0.39 is 0 Å². The molecule has 0 saturated carbocycles. The van der Waals surface area contributed by atoms with E-state index in [2.05, 4.69) is 29.9 Å². The van der Waals surface area contributed by atoms with Crippen molar-refractivity contribution in [2.75, 3.05) is 0 Å². The van der Waals surface area contributed by atoms with E-state index in [4.69, 9.17) is 0 Å². The number of rotatable bonds is 4. The Bertz CT molecular complexity index is 212. The minimum absolute atomic E-state index is 1.07. The van der Waals surface area contributed by atoms with Gasteiger partial charge in [-0.15, -0.1) is 0 Å². The zero-order valence-corrected chi connectivity index (χ0v) is 7.88. The van der Waals surface area contributed by atoms with Crippen LogP contribution in [0.2, 0.25) is 0 Å². The van der Waals surface area contributed by atoms with Crippen LogP contribution in [-0.4, -0.2) is 9.97 Å². The van der Waals surface area contributed by atoms with Crippen molar-refractivity contribution in [1.82, 2.24) is 9.97 Å². The normalized spacial score (nSPS) is 10.2. The standard InChI is InChI=1S/C10H16N2/c1-3-5-9-7-10(6-4-2)12-8-11-9/h7-8H,3-6H2,1-2H3. The van der Waals surface area contributed by atoms with Crippen LogP contribution in [0, 0.1) is 0 Å². The zero-order chi connectivity index (χ0) is 8.81. The van der Waals surface area contributed by atoms with Gasteiger partial charge in [0.25, 0.3) is 0 Å². The van der Waals surface area contributed by atoms with E-state index in [1.165, 1.54) is 11.4 Å². The lowest BCUT2D eigenvalue weighted by Crippen LogP contribution is -1.95. The molecule has 0 radical (unpaired) electrons. The fourth-order valence-electron chi connectivity index (χ4n) is 1.23. The first-order chi connectivity index (χ1) is 5.86. The highest BCUT2D eigenvalue weighted by Crippen LogP contribution is 2.03. The van der Waals surface area contributed by atoms with Crippen molar-refractivity contribution in [2.24, 2.45) is 0 Å². The Kier molecular flexibility index (Phi) is 3.71. The van der Waals surface area contributed by atoms with Gasteiger partial charge in [-0.3, -0.25) is 0 Å². The first-order valence-corrected chi connectivity index (χ1v) is 4.66. The highest BCUT2D eigenvalue weighted by molar-refractivity contribution is 5.08. The van der Waals surface area contributed by atoms with Crippen LogP contribution in [-0.2, 0) is 12.8 Å². The SMILES string of the molecule is CCCc1cc(CCC)ncn1. The van der Waals surface area contributed by atoms with Gasteiger partial charge >= 0.3 is 0 Å². The minimum Gasteiger partial charge on any atom is -0.241 e. The molecule has 2 nitrogen and oxygen atoms in total. The molecule has 1 aromatic rings. The predicted molar refractivity (Wildman–Crippen MR) is 50.0 cm³/mol. The molecule has 0 aromatic carbocycles. The molecule has 0 aliphatic heterocycles. The van der Waals surface area contributed by atoms with Gasteiger partial charge in [-0.2, -0.15) is 0 Å². The summed E-state index contributed by atoms with van der Waals surface area (Å²) < 4.78 is 0. The van der Waals surface area contributed by atoms with Crippen LogP contribution in [0.4, 0.5) is 0 Å². The molecule has 1 aromatic heterocycles. The molecule has 0 aliphatic rings. The highest BCUT2D eigenvalue weighted by atomic mass is 14.8. The molecule has 0 N–H and O–H groups in total. The first kappa shape index (κ1) is 9.17. The second-order valence-corrected chi connectivity index (χ2v) is 3.00. The van der Waals surface area contributed by atoms with Crippen LogP contribution in [0.3, 0.4) is 0 Å². The summed E-state index contributed by atoms with van der Waals surface area (Å²) in [7, 11) is 0. The van der Waals surface area contributed by atoms with E-state index in [1.54, 1.807) is 6.33 Å². The molecular weight excluding hydrogens is 148 g/mol. The van der Waals surface area contributed by atoms with Crippen molar-refractivity contribution in [3.8, 4) is 0 Å². The largest absolute Gasteiger partial charge is 0.241 e. The van der Waals surface area contributed by atoms with Crippen molar-refractivity contribution < 1.29 is 0 Å². The maximum Gasteiger partial charge on any atom is 0.115 e. The van der Waals surface area contributed by atoms with Gasteiger partial charge in [0, 0.05) is 11.4 Å². The molecule has 0 saturated heterocycles. The molecule has 12 heavy (non-hydrogen) atoms. The van der Waals surface area contributed by atoms with Crippen molar-refractivity contribution in [1.29, 1.82) is 0 Å². The third-order valence-corrected chi connectivity index (χ3v) is 1.79. The Labute approximate surface area is 74.1 Å². The van der Waals surface area contributed by atoms with Crippen LogP contribution < -0.4 is 0 Å². The molecule has 0 amide bonds. The maximum absolute atomic E-state index is 4.20. The molecule has 2 heteroatoms. The fourth-order valence-corrected chi connectivity index (χ4v) is 1.23. The molecule has 0 unspecified atom stereocenters. The van der Waals surface area contributed by atoms with Gasteiger partial charge in [0.1, 0.15) is 6.33 Å². The summed E-state index contributed by atoms with van der Waals surface area (Å²) in [6.07, 6.45) is 6.12. The number of hydrogen-bond donors (Lipinski definition) is 0. The lowest BCUT2D eigenvalue weighted by atomic mass is 10.2. The first-order valence-electron chi connectivity index (χ1n) is 4.66. The second-order valence-electron chi connectivity index (χ2n) is 3.00. The van der Waals surface area contributed by atoms with Crippen molar-refractivity contribution in [3.63, 3.8) is 0 Å². The van der Waals surface area contributed by atoms with Gasteiger partial charge < -0.3 is 0 Å². The van der Waals surface area contributed by atoms with Crippen LogP contribution in [0.25, 0.3) is 0 Å². The Balaban J connectivity index is 2.67. The van der Waals surface area contributed by atoms with Gasteiger partial charge in [-0.25, -0.2) is 9.97 Å². The lowest BCUT2D eigenvalue weighted by molar-refractivity contribution is 0.829. The summed E-state index contributed by atoms with van der Waals surface area (Å²) in [5.74, 6) is 0. The average Bonchev–Trinajstić information content (AvgIpc) is 2.06. The summed E-state index contributed by atoms with van der Waals surface area (Å²) >= 11 is 0. The van der Waals surface area contributed by atoms with Crippen LogP contribution in [0.15, 0.2) is 12.4 Å². The van der Waals surface area contributed by atoms with Crippen molar-refractivity contribution >= 4 is 0 Å². The second kappa shape index (κ2) is 4.86. The molecule has 1 heterocycles. The Hall–Kier alpha value is -0.920. The smallest absolute Gasteiger partial charge is 0.115 e. The third kappa shape index (κ3) is 2.61. The maximum atomic E-state index is 4.20. The van der Waals surface area contributed by atoms with Crippen molar-refractivity contribution in [3.05, 3.63) is 23.8 Å². The minimum atomic E-state index is 1.07. The number of aromatic nitrogens is 2. The average molecular weight is 164 g/mol. The molecule has 0 atom stereocenters. The Morgan fingerprint density at radius 3 is 1.92 bits per heavy atom. The summed E-state index contributed by atoms with van der Waals surface area (Å²) in [5, 5.41) is 0. The molecule has 0 aliphatic carbocycles. The van der Waals surface area contributed by atoms with E-state index in [9.17, 15) is 0 Å². The van der Waals surface area contributed by atoms with Crippen LogP contribution in [0.5, 0.6) is 0 Å². The number of aryl methyl sites for hydroxylation is 2. The summed E-state index contributed by atoms with van der Waals surface area (Å²) in [6, 6.07) is 2.12. The van der Waals surface area contributed by atoms with E-state index in [1.807, 2.05) is 0 Å². The molecule has 66 valence electrons. The molecule has 1 rings (SSSR count). The monoisotopic (exact) mass is 164 g/mol. The zero-order valence-electron chi connectivity index (χ0n) is 7.88. The summed E-state index contributed by atoms with van der Waals surface area (Å²) in [6.45, 7) is 4.34. The molecule has 0 spiro atoms. The van der Waals surface area contributed by atoms with Gasteiger partial charge in [0.2, 0.25) is 0 Å². The van der Waals surface area contributed by atoms with Crippen LogP contribution in [0.1, 0.15) is 38.1 Å². The van der Waals surface area contributed by atoms with Gasteiger partial charge in [0.15, 0.2) is 0 Å². The Morgan fingerprint density at radius 1 is 1.00 bits per heavy atom. The fraction of sp³-hybridized carbons (Fsp3) is 0.600. The summed E-state index contributed by atoms with van der Waals surface area (Å²) in [5.41, 5.74) is 2.35.